The van der Waals surface area contributed by atoms with Crippen LogP contribution in [-0.2, 0) is 35.1 Å². The van der Waals surface area contributed by atoms with Gasteiger partial charge in [-0.2, -0.15) is 4.98 Å². The number of hydrogen-bond donors (Lipinski definition) is 6. The molecule has 0 aliphatic heterocycles. The number of aliphatic carboxylic acids is 1. The number of ether oxygens (including phenoxy) is 3. The van der Waals surface area contributed by atoms with E-state index in [1.54, 1.807) is 12.1 Å². The van der Waals surface area contributed by atoms with Gasteiger partial charge in [-0.1, -0.05) is 0 Å². The maximum atomic E-state index is 12.7. The highest BCUT2D eigenvalue weighted by molar-refractivity contribution is 5.97. The van der Waals surface area contributed by atoms with E-state index in [-0.39, 0.29) is 66.7 Å². The second-order valence-electron chi connectivity index (χ2n) is 12.3. The van der Waals surface area contributed by atoms with Gasteiger partial charge in [-0.05, 0) is 51.5 Å². The van der Waals surface area contributed by atoms with Crippen molar-refractivity contribution in [1.82, 2.24) is 35.5 Å². The molecule has 0 aliphatic carbocycles. The van der Waals surface area contributed by atoms with Gasteiger partial charge in [0.1, 0.15) is 12.3 Å². The Morgan fingerprint density at radius 3 is 2.33 bits per heavy atom. The number of fused-ring (bicyclic) bond motifs is 1. The first-order valence-corrected chi connectivity index (χ1v) is 16.4. The summed E-state index contributed by atoms with van der Waals surface area (Å²) in [7, 11) is 0. The summed E-state index contributed by atoms with van der Waals surface area (Å²) in [6.07, 6.45) is 2.13. The lowest BCUT2D eigenvalue weighted by molar-refractivity contribution is -0.139. The van der Waals surface area contributed by atoms with E-state index in [0.29, 0.717) is 57.5 Å². The Balaban J connectivity index is 1.27. The molecule has 2 aromatic heterocycles. The molecular formula is C33H47N9O9. The smallest absolute Gasteiger partial charge is 0.326 e. The SMILES string of the molecule is CC(C)(C)N(CC=O)CCOCCOCCOCCNC(=O)CCC(NC(=O)c1ccc(NCc2cnc3nc(N)[nH]c(=O)c3n2)cc1)C(=O)O. The summed E-state index contributed by atoms with van der Waals surface area (Å²) in [4.78, 5) is 76.4. The van der Waals surface area contributed by atoms with Crippen LogP contribution in [0.4, 0.5) is 11.6 Å². The zero-order valence-electron chi connectivity index (χ0n) is 29.1. The number of carboxylic acid groups (broad SMARTS) is 1. The number of aromatic amines is 1. The lowest BCUT2D eigenvalue weighted by atomic mass is 10.1. The van der Waals surface area contributed by atoms with Crippen molar-refractivity contribution in [3.8, 4) is 0 Å². The number of nitrogen functional groups attached to an aromatic ring is 1. The van der Waals surface area contributed by atoms with E-state index in [1.165, 1.54) is 18.3 Å². The molecule has 3 rings (SSSR count). The van der Waals surface area contributed by atoms with Crippen LogP contribution < -0.4 is 27.2 Å². The molecule has 18 heteroatoms. The average molecular weight is 714 g/mol. The second-order valence-corrected chi connectivity index (χ2v) is 12.3. The number of nitrogens with zero attached hydrogens (tertiary/aromatic N) is 4. The fourth-order valence-corrected chi connectivity index (χ4v) is 4.62. The highest BCUT2D eigenvalue weighted by Gasteiger charge is 2.22. The van der Waals surface area contributed by atoms with Gasteiger partial charge in [-0.15, -0.1) is 0 Å². The first kappa shape index (κ1) is 40.4. The standard InChI is InChI=1S/C33H47N9O9/c1-33(2,3)42(11-13-43)12-15-50-17-19-51-18-16-49-14-10-35-26(44)9-8-25(31(47)48)39-29(45)22-4-6-23(7-5-22)36-20-24-21-37-28-27(38-24)30(46)41-32(34)40-28/h4-7,13,21,25,36H,8-12,14-20H2,1-3H3,(H,35,44)(H,39,45)(H,47,48)(H3,34,37,40,41,46). The van der Waals surface area contributed by atoms with Gasteiger partial charge in [0.05, 0.1) is 64.6 Å². The molecule has 0 radical (unpaired) electrons. The van der Waals surface area contributed by atoms with Crippen molar-refractivity contribution in [1.29, 1.82) is 0 Å². The number of rotatable bonds is 23. The first-order chi connectivity index (χ1) is 24.4. The average Bonchev–Trinajstić information content (AvgIpc) is 3.08. The Kier molecular flexibility index (Phi) is 16.3. The predicted molar refractivity (Wildman–Crippen MR) is 187 cm³/mol. The maximum absolute atomic E-state index is 12.7. The highest BCUT2D eigenvalue weighted by Crippen LogP contribution is 2.13. The maximum Gasteiger partial charge on any atom is 0.326 e. The molecule has 2 heterocycles. The number of aromatic nitrogens is 4. The van der Waals surface area contributed by atoms with E-state index < -0.39 is 23.5 Å². The molecule has 1 atom stereocenters. The summed E-state index contributed by atoms with van der Waals surface area (Å²) >= 11 is 0. The molecule has 0 saturated carbocycles. The van der Waals surface area contributed by atoms with Gasteiger partial charge in [0.25, 0.3) is 11.5 Å². The van der Waals surface area contributed by atoms with E-state index in [2.05, 4.69) is 35.9 Å². The van der Waals surface area contributed by atoms with Gasteiger partial charge in [0.15, 0.2) is 11.2 Å². The Labute approximate surface area is 294 Å². The minimum absolute atomic E-state index is 0.0549. The Bertz CT molecular complexity index is 1650. The highest BCUT2D eigenvalue weighted by atomic mass is 16.5. The Morgan fingerprint density at radius 2 is 1.69 bits per heavy atom. The van der Waals surface area contributed by atoms with E-state index in [4.69, 9.17) is 19.9 Å². The van der Waals surface area contributed by atoms with Crippen molar-refractivity contribution in [2.24, 2.45) is 0 Å². The molecule has 0 saturated heterocycles. The third-order valence-corrected chi connectivity index (χ3v) is 7.43. The summed E-state index contributed by atoms with van der Waals surface area (Å²) in [6, 6.07) is 5.03. The van der Waals surface area contributed by atoms with Crippen LogP contribution in [0.2, 0.25) is 0 Å². The molecular weight excluding hydrogens is 666 g/mol. The third-order valence-electron chi connectivity index (χ3n) is 7.43. The van der Waals surface area contributed by atoms with Gasteiger partial charge < -0.3 is 45.8 Å². The molecule has 0 spiro atoms. The van der Waals surface area contributed by atoms with Crippen molar-refractivity contribution >= 4 is 46.9 Å². The van der Waals surface area contributed by atoms with Crippen LogP contribution in [0.25, 0.3) is 11.2 Å². The van der Waals surface area contributed by atoms with E-state index in [0.717, 1.165) is 6.29 Å². The summed E-state index contributed by atoms with van der Waals surface area (Å²) in [5.74, 6) is -2.30. The number of benzene rings is 1. The van der Waals surface area contributed by atoms with Crippen LogP contribution in [0.3, 0.4) is 0 Å². The Hall–Kier alpha value is -5.04. The molecule has 1 aromatic carbocycles. The normalized spacial score (nSPS) is 12.1. The lowest BCUT2D eigenvalue weighted by Gasteiger charge is -2.33. The molecule has 18 nitrogen and oxygen atoms in total. The number of nitrogens with one attached hydrogen (secondary N) is 4. The predicted octanol–water partition coefficient (Wildman–Crippen LogP) is 0.336. The van der Waals surface area contributed by atoms with Crippen LogP contribution in [-0.4, -0.2) is 125 Å². The minimum atomic E-state index is -1.27. The van der Waals surface area contributed by atoms with Gasteiger partial charge >= 0.3 is 5.97 Å². The quantitative estimate of drug-likeness (QED) is 0.0572. The number of hydrogen-bond acceptors (Lipinski definition) is 14. The monoisotopic (exact) mass is 713 g/mol. The number of H-pyrrole nitrogens is 1. The molecule has 7 N–H and O–H groups in total. The topological polar surface area (TPSA) is 253 Å². The van der Waals surface area contributed by atoms with Gasteiger partial charge in [-0.25, -0.2) is 14.8 Å². The van der Waals surface area contributed by atoms with Crippen LogP contribution in [0.5, 0.6) is 0 Å². The Morgan fingerprint density at radius 1 is 1.02 bits per heavy atom. The van der Waals surface area contributed by atoms with Crippen LogP contribution in [0.15, 0.2) is 35.3 Å². The summed E-state index contributed by atoms with van der Waals surface area (Å²) in [5, 5.41) is 17.8. The fraction of sp³-hybridized carbons (Fsp3) is 0.515. The number of nitrogens with two attached hydrogens (primary N) is 1. The number of aldehydes is 1. The van der Waals surface area contributed by atoms with Gasteiger partial charge in [-0.3, -0.25) is 24.3 Å². The second kappa shape index (κ2) is 20.6. The number of anilines is 2. The lowest BCUT2D eigenvalue weighted by Crippen LogP contribution is -2.44. The van der Waals surface area contributed by atoms with Gasteiger partial charge in [0, 0.05) is 36.3 Å². The minimum Gasteiger partial charge on any atom is -0.480 e. The van der Waals surface area contributed by atoms with Gasteiger partial charge in [0.2, 0.25) is 11.9 Å². The number of amides is 2. The van der Waals surface area contributed by atoms with Crippen molar-refractivity contribution in [3.05, 3.63) is 52.1 Å². The van der Waals surface area contributed by atoms with Crippen molar-refractivity contribution in [3.63, 3.8) is 0 Å². The summed E-state index contributed by atoms with van der Waals surface area (Å²) < 4.78 is 16.5. The largest absolute Gasteiger partial charge is 0.480 e. The zero-order valence-corrected chi connectivity index (χ0v) is 29.1. The van der Waals surface area contributed by atoms with E-state index in [9.17, 15) is 29.1 Å². The molecule has 0 fully saturated rings. The summed E-state index contributed by atoms with van der Waals surface area (Å²) in [6.45, 7) is 9.82. The van der Waals surface area contributed by atoms with E-state index >= 15 is 0 Å². The van der Waals surface area contributed by atoms with Crippen LogP contribution in [0.1, 0.15) is 49.7 Å². The van der Waals surface area contributed by atoms with Crippen molar-refractivity contribution < 1.29 is 38.5 Å². The zero-order chi connectivity index (χ0) is 37.2. The molecule has 0 aliphatic rings. The molecule has 3 aromatic rings. The molecule has 51 heavy (non-hydrogen) atoms. The number of carboxylic acids is 1. The molecule has 2 amide bonds. The number of carbonyl (C=O) groups excluding carboxylic acids is 3. The number of carbonyl (C=O) groups is 4. The molecule has 1 unspecified atom stereocenters. The molecule has 278 valence electrons. The summed E-state index contributed by atoms with van der Waals surface area (Å²) in [5.41, 5.74) is 6.42. The fourth-order valence-electron chi connectivity index (χ4n) is 4.62. The van der Waals surface area contributed by atoms with E-state index in [1.807, 2.05) is 25.7 Å². The third kappa shape index (κ3) is 14.4. The van der Waals surface area contributed by atoms with Crippen LogP contribution >= 0.6 is 0 Å². The van der Waals surface area contributed by atoms with Crippen LogP contribution in [0, 0.1) is 0 Å². The molecule has 0 bridgehead atoms. The van der Waals surface area contributed by atoms with Crippen molar-refractivity contribution in [2.75, 3.05) is 70.3 Å². The van der Waals surface area contributed by atoms with Crippen molar-refractivity contribution in [2.45, 2.75) is 51.7 Å². The first-order valence-electron chi connectivity index (χ1n) is 16.4.